The van der Waals surface area contributed by atoms with Crippen molar-refractivity contribution >= 4 is 0 Å². The minimum absolute atomic E-state index is 0.966. The second-order valence-corrected chi connectivity index (χ2v) is 3.47. The molecule has 0 aliphatic carbocycles. The van der Waals surface area contributed by atoms with Crippen LogP contribution in [-0.2, 0) is 6.42 Å². The van der Waals surface area contributed by atoms with Gasteiger partial charge in [-0.2, -0.15) is 0 Å². The first kappa shape index (κ1) is 8.95. The highest BCUT2D eigenvalue weighted by Gasteiger charge is 1.95. The molecule has 0 saturated heterocycles. The minimum atomic E-state index is 0.966. The van der Waals surface area contributed by atoms with Crippen LogP contribution in [0.3, 0.4) is 0 Å². The Morgan fingerprint density at radius 3 is 2.36 bits per heavy atom. The van der Waals surface area contributed by atoms with Crippen LogP contribution in [0.5, 0.6) is 0 Å². The summed E-state index contributed by atoms with van der Waals surface area (Å²) in [7, 11) is 0. The lowest BCUT2D eigenvalue weighted by atomic mass is 10.1. The van der Waals surface area contributed by atoms with Crippen LogP contribution < -0.4 is 0 Å². The lowest BCUT2D eigenvalue weighted by molar-refractivity contribution is 1.11. The number of benzene rings is 1. The molecule has 0 spiro atoms. The van der Waals surface area contributed by atoms with Gasteiger partial charge in [0.05, 0.1) is 0 Å². The minimum Gasteiger partial charge on any atom is -0.261 e. The lowest BCUT2D eigenvalue weighted by Gasteiger charge is -2.01. The van der Waals surface area contributed by atoms with Crippen molar-refractivity contribution in [3.05, 3.63) is 65.5 Å². The van der Waals surface area contributed by atoms with E-state index in [0.717, 1.165) is 12.1 Å². The summed E-state index contributed by atoms with van der Waals surface area (Å²) in [5.41, 5.74) is 3.67. The molecule has 1 heteroatoms. The summed E-state index contributed by atoms with van der Waals surface area (Å²) < 4.78 is 0. The van der Waals surface area contributed by atoms with Crippen molar-refractivity contribution in [1.82, 2.24) is 4.98 Å². The van der Waals surface area contributed by atoms with Gasteiger partial charge in [0.15, 0.2) is 0 Å². The molecule has 2 aromatic rings. The molecule has 0 saturated carbocycles. The molecule has 0 atom stereocenters. The Balaban J connectivity index is 2.16. The summed E-state index contributed by atoms with van der Waals surface area (Å²) in [6, 6.07) is 14.6. The molecular weight excluding hydrogens is 170 g/mol. The van der Waals surface area contributed by atoms with E-state index in [-0.39, 0.29) is 0 Å². The van der Waals surface area contributed by atoms with E-state index in [4.69, 9.17) is 0 Å². The van der Waals surface area contributed by atoms with Crippen LogP contribution in [0.25, 0.3) is 0 Å². The van der Waals surface area contributed by atoms with Crippen molar-refractivity contribution in [1.29, 1.82) is 0 Å². The zero-order valence-corrected chi connectivity index (χ0v) is 8.27. The van der Waals surface area contributed by atoms with Gasteiger partial charge in [0.25, 0.3) is 0 Å². The van der Waals surface area contributed by atoms with Crippen molar-refractivity contribution in [2.45, 2.75) is 13.3 Å². The first-order valence-electron chi connectivity index (χ1n) is 4.80. The van der Waals surface area contributed by atoms with E-state index in [1.807, 2.05) is 19.2 Å². The number of rotatable bonds is 2. The Morgan fingerprint density at radius 2 is 1.71 bits per heavy atom. The van der Waals surface area contributed by atoms with Crippen LogP contribution >= 0.6 is 0 Å². The highest BCUT2D eigenvalue weighted by molar-refractivity contribution is 5.24. The summed E-state index contributed by atoms with van der Waals surface area (Å²) in [5.74, 6) is 0. The maximum absolute atomic E-state index is 4.28. The van der Waals surface area contributed by atoms with Gasteiger partial charge in [0.1, 0.15) is 0 Å². The fourth-order valence-corrected chi connectivity index (χ4v) is 1.43. The zero-order chi connectivity index (χ0) is 9.80. The number of hydrogen-bond donors (Lipinski definition) is 0. The van der Waals surface area contributed by atoms with Gasteiger partial charge in [0, 0.05) is 11.9 Å². The Labute approximate surface area is 84.4 Å². The smallest absolute Gasteiger partial charge is 0.0372 e. The SMILES string of the molecule is Cc1ccc(Cc2ccccc2)cn1. The molecule has 0 aliphatic heterocycles. The molecule has 1 nitrogen and oxygen atoms in total. The van der Waals surface area contributed by atoms with Gasteiger partial charge in [0.2, 0.25) is 0 Å². The van der Waals surface area contributed by atoms with Crippen molar-refractivity contribution in [3.8, 4) is 0 Å². The van der Waals surface area contributed by atoms with Gasteiger partial charge in [-0.25, -0.2) is 0 Å². The average Bonchev–Trinajstić information content (AvgIpc) is 2.23. The van der Waals surface area contributed by atoms with Gasteiger partial charge in [-0.3, -0.25) is 4.98 Å². The number of aryl methyl sites for hydroxylation is 1. The maximum atomic E-state index is 4.28. The molecule has 1 aromatic carbocycles. The van der Waals surface area contributed by atoms with Crippen LogP contribution in [0.15, 0.2) is 48.7 Å². The van der Waals surface area contributed by atoms with E-state index in [1.54, 1.807) is 0 Å². The molecule has 0 aliphatic rings. The standard InChI is InChI=1S/C13H13N/c1-11-7-8-13(10-14-11)9-12-5-3-2-4-6-12/h2-8,10H,9H2,1H3. The van der Waals surface area contributed by atoms with Gasteiger partial charge in [-0.1, -0.05) is 36.4 Å². The number of aromatic nitrogens is 1. The number of hydrogen-bond acceptors (Lipinski definition) is 1. The monoisotopic (exact) mass is 183 g/mol. The van der Waals surface area contributed by atoms with Crippen molar-refractivity contribution in [2.24, 2.45) is 0 Å². The lowest BCUT2D eigenvalue weighted by Crippen LogP contribution is -1.89. The van der Waals surface area contributed by atoms with Gasteiger partial charge >= 0.3 is 0 Å². The molecule has 0 unspecified atom stereocenters. The molecule has 0 amide bonds. The van der Waals surface area contributed by atoms with Crippen LogP contribution in [0.1, 0.15) is 16.8 Å². The maximum Gasteiger partial charge on any atom is 0.0372 e. The molecular formula is C13H13N. The molecule has 70 valence electrons. The molecule has 2 rings (SSSR count). The molecule has 0 radical (unpaired) electrons. The Morgan fingerprint density at radius 1 is 0.929 bits per heavy atom. The van der Waals surface area contributed by atoms with E-state index < -0.39 is 0 Å². The topological polar surface area (TPSA) is 12.9 Å². The van der Waals surface area contributed by atoms with E-state index >= 15 is 0 Å². The van der Waals surface area contributed by atoms with Crippen LogP contribution in [0, 0.1) is 6.92 Å². The molecule has 14 heavy (non-hydrogen) atoms. The molecule has 0 fully saturated rings. The van der Waals surface area contributed by atoms with E-state index in [9.17, 15) is 0 Å². The number of nitrogens with zero attached hydrogens (tertiary/aromatic N) is 1. The first-order valence-corrected chi connectivity index (χ1v) is 4.80. The molecule has 1 heterocycles. The zero-order valence-electron chi connectivity index (χ0n) is 8.27. The first-order chi connectivity index (χ1) is 6.84. The van der Waals surface area contributed by atoms with Gasteiger partial charge in [-0.15, -0.1) is 0 Å². The van der Waals surface area contributed by atoms with Crippen molar-refractivity contribution in [2.75, 3.05) is 0 Å². The number of pyridine rings is 1. The molecule has 0 bridgehead atoms. The summed E-state index contributed by atoms with van der Waals surface area (Å²) in [5, 5.41) is 0. The van der Waals surface area contributed by atoms with E-state index in [1.165, 1.54) is 11.1 Å². The third-order valence-electron chi connectivity index (χ3n) is 2.22. The fraction of sp³-hybridized carbons (Fsp3) is 0.154. The average molecular weight is 183 g/mol. The third-order valence-corrected chi connectivity index (χ3v) is 2.22. The largest absolute Gasteiger partial charge is 0.261 e. The predicted octanol–water partition coefficient (Wildman–Crippen LogP) is 2.98. The van der Waals surface area contributed by atoms with Crippen LogP contribution in [0.4, 0.5) is 0 Å². The predicted molar refractivity (Wildman–Crippen MR) is 58.2 cm³/mol. The van der Waals surface area contributed by atoms with Crippen LogP contribution in [-0.4, -0.2) is 4.98 Å². The third kappa shape index (κ3) is 2.19. The molecule has 0 N–H and O–H groups in total. The van der Waals surface area contributed by atoms with E-state index in [2.05, 4.69) is 41.4 Å². The Hall–Kier alpha value is -1.63. The summed E-state index contributed by atoms with van der Waals surface area (Å²) in [6.07, 6.45) is 2.91. The normalized spacial score (nSPS) is 10.1. The Bertz CT molecular complexity index is 389. The molecule has 1 aromatic heterocycles. The Kier molecular flexibility index (Phi) is 2.59. The highest BCUT2D eigenvalue weighted by Crippen LogP contribution is 2.08. The summed E-state index contributed by atoms with van der Waals surface area (Å²) in [6.45, 7) is 2.01. The highest BCUT2D eigenvalue weighted by atomic mass is 14.6. The van der Waals surface area contributed by atoms with E-state index in [0.29, 0.717) is 0 Å². The van der Waals surface area contributed by atoms with Gasteiger partial charge in [-0.05, 0) is 30.5 Å². The fourth-order valence-electron chi connectivity index (χ4n) is 1.43. The summed E-state index contributed by atoms with van der Waals surface area (Å²) >= 11 is 0. The quantitative estimate of drug-likeness (QED) is 0.697. The van der Waals surface area contributed by atoms with Gasteiger partial charge < -0.3 is 0 Å². The van der Waals surface area contributed by atoms with Crippen LogP contribution in [0.2, 0.25) is 0 Å². The second-order valence-electron chi connectivity index (χ2n) is 3.47. The second kappa shape index (κ2) is 4.05. The van der Waals surface area contributed by atoms with Crippen molar-refractivity contribution in [3.63, 3.8) is 0 Å². The van der Waals surface area contributed by atoms with Crippen molar-refractivity contribution < 1.29 is 0 Å². The summed E-state index contributed by atoms with van der Waals surface area (Å²) in [4.78, 5) is 4.28.